The molecule has 1 heteroatoms. The van der Waals surface area contributed by atoms with Crippen molar-refractivity contribution in [2.75, 3.05) is 0 Å². The molecule has 0 bridgehead atoms. The highest BCUT2D eigenvalue weighted by molar-refractivity contribution is 6.90. The predicted molar refractivity (Wildman–Crippen MR) is 164 cm³/mol. The number of unbranched alkanes of at least 4 members (excludes halogenated alkanes) is 5. The van der Waals surface area contributed by atoms with E-state index < -0.39 is 8.07 Å². The van der Waals surface area contributed by atoms with Crippen molar-refractivity contribution in [3.8, 4) is 23.8 Å². The molecule has 0 heterocycles. The van der Waals surface area contributed by atoms with E-state index in [0.29, 0.717) is 16.6 Å². The van der Waals surface area contributed by atoms with Crippen LogP contribution in [-0.2, 0) is 6.42 Å². The monoisotopic (exact) mass is 494 g/mol. The average molecular weight is 495 g/mol. The van der Waals surface area contributed by atoms with Crippen LogP contribution in [0.3, 0.4) is 0 Å². The molecule has 0 atom stereocenters. The van der Waals surface area contributed by atoms with Gasteiger partial charge in [-0.1, -0.05) is 117 Å². The summed E-state index contributed by atoms with van der Waals surface area (Å²) in [5.74, 6) is 6.70. The van der Waals surface area contributed by atoms with Crippen LogP contribution in [0.4, 0.5) is 0 Å². The molecule has 0 saturated heterocycles. The molecule has 3 rings (SSSR count). The summed E-state index contributed by atoms with van der Waals surface area (Å²) >= 11 is 0. The molecule has 0 radical (unpaired) electrons. The second-order valence-electron chi connectivity index (χ2n) is 11.5. The first kappa shape index (κ1) is 28.1. The van der Waals surface area contributed by atoms with Gasteiger partial charge in [-0.05, 0) is 74.8 Å². The van der Waals surface area contributed by atoms with Gasteiger partial charge in [0.2, 0.25) is 0 Å². The Bertz CT molecular complexity index is 1250. The summed E-state index contributed by atoms with van der Waals surface area (Å²) in [6.45, 7) is 16.6. The molecule has 0 aliphatic heterocycles. The van der Waals surface area contributed by atoms with Gasteiger partial charge in [0.1, 0.15) is 8.07 Å². The van der Waals surface area contributed by atoms with Crippen molar-refractivity contribution < 1.29 is 0 Å². The van der Waals surface area contributed by atoms with Gasteiger partial charge in [-0.25, -0.2) is 0 Å². The van der Waals surface area contributed by atoms with Crippen LogP contribution >= 0.6 is 0 Å². The van der Waals surface area contributed by atoms with Gasteiger partial charge in [-0.2, -0.15) is 0 Å². The quantitative estimate of drug-likeness (QED) is 0.114. The first-order chi connectivity index (χ1) is 17.3. The van der Waals surface area contributed by atoms with Gasteiger partial charge in [0.15, 0.2) is 0 Å². The Morgan fingerprint density at radius 1 is 0.694 bits per heavy atom. The SMILES string of the molecule is C#Cc1cccc2c(CCCCCCCC)c3cccc(C#C[Si](C(C)C)(C(C)C)C(C)C)c3cc12. The van der Waals surface area contributed by atoms with Crippen molar-refractivity contribution in [3.05, 3.63) is 59.2 Å². The van der Waals surface area contributed by atoms with E-state index in [-0.39, 0.29) is 0 Å². The lowest BCUT2D eigenvalue weighted by atomic mass is 9.90. The molecule has 0 saturated carbocycles. The summed E-state index contributed by atoms with van der Waals surface area (Å²) in [6, 6.07) is 15.5. The minimum Gasteiger partial charge on any atom is -0.125 e. The first-order valence-corrected chi connectivity index (χ1v) is 16.5. The number of hydrogen-bond donors (Lipinski definition) is 0. The minimum absolute atomic E-state index is 0.622. The highest BCUT2D eigenvalue weighted by atomic mass is 28.3. The molecule has 0 N–H and O–H groups in total. The molecule has 0 unspecified atom stereocenters. The van der Waals surface area contributed by atoms with Crippen molar-refractivity contribution in [1.29, 1.82) is 0 Å². The van der Waals surface area contributed by atoms with Crippen LogP contribution in [0.15, 0.2) is 42.5 Å². The normalized spacial score (nSPS) is 11.9. The number of benzene rings is 3. The summed E-state index contributed by atoms with van der Waals surface area (Å²) in [5.41, 5.74) is 9.41. The summed E-state index contributed by atoms with van der Waals surface area (Å²) in [5, 5.41) is 5.12. The van der Waals surface area contributed by atoms with E-state index in [0.717, 1.165) is 17.5 Å². The molecule has 0 fully saturated rings. The van der Waals surface area contributed by atoms with Gasteiger partial charge in [0, 0.05) is 11.1 Å². The van der Waals surface area contributed by atoms with Crippen molar-refractivity contribution in [1.82, 2.24) is 0 Å². The van der Waals surface area contributed by atoms with E-state index in [1.54, 1.807) is 0 Å². The topological polar surface area (TPSA) is 0 Å². The maximum Gasteiger partial charge on any atom is 0.146 e. The third-order valence-electron chi connectivity index (χ3n) is 8.37. The fraction of sp³-hybridized carbons (Fsp3) is 0.486. The molecule has 190 valence electrons. The van der Waals surface area contributed by atoms with Gasteiger partial charge < -0.3 is 0 Å². The van der Waals surface area contributed by atoms with Gasteiger partial charge in [-0.15, -0.1) is 12.0 Å². The highest BCUT2D eigenvalue weighted by Gasteiger charge is 2.41. The van der Waals surface area contributed by atoms with E-state index in [4.69, 9.17) is 6.42 Å². The molecule has 3 aromatic carbocycles. The summed E-state index contributed by atoms with van der Waals surface area (Å²) in [6.07, 6.45) is 14.9. The average Bonchev–Trinajstić information content (AvgIpc) is 2.85. The van der Waals surface area contributed by atoms with Crippen LogP contribution in [0.1, 0.15) is 104 Å². The third kappa shape index (κ3) is 5.74. The third-order valence-corrected chi connectivity index (χ3v) is 14.7. The standard InChI is InChI=1S/C35H46Si/c1-9-11-12-13-14-15-20-31-32-21-16-18-29(10-2)34(32)25-35-30(19-17-22-33(31)35)23-24-36(26(3)4,27(5)6)28(7)8/h2,16-19,21-22,25-28H,9,11-15,20H2,1,3-8H3. The van der Waals surface area contributed by atoms with E-state index >= 15 is 0 Å². The molecule has 0 amide bonds. The predicted octanol–water partition coefficient (Wildman–Crippen LogP) is 10.4. The zero-order valence-corrected chi connectivity index (χ0v) is 24.8. The van der Waals surface area contributed by atoms with E-state index in [1.807, 2.05) is 0 Å². The van der Waals surface area contributed by atoms with E-state index in [9.17, 15) is 0 Å². The Kier molecular flexibility index (Phi) is 9.88. The van der Waals surface area contributed by atoms with Crippen molar-refractivity contribution in [3.63, 3.8) is 0 Å². The second kappa shape index (κ2) is 12.7. The van der Waals surface area contributed by atoms with Gasteiger partial charge in [-0.3, -0.25) is 0 Å². The number of rotatable bonds is 10. The van der Waals surface area contributed by atoms with Gasteiger partial charge in [0.05, 0.1) is 0 Å². The van der Waals surface area contributed by atoms with Gasteiger partial charge >= 0.3 is 0 Å². The minimum atomic E-state index is -1.81. The van der Waals surface area contributed by atoms with Crippen LogP contribution in [-0.4, -0.2) is 8.07 Å². The number of fused-ring (bicyclic) bond motifs is 2. The molecular formula is C35H46Si. The molecule has 0 aromatic heterocycles. The summed E-state index contributed by atoms with van der Waals surface area (Å²) in [7, 11) is -1.81. The van der Waals surface area contributed by atoms with Crippen molar-refractivity contribution >= 4 is 29.6 Å². The fourth-order valence-electron chi connectivity index (χ4n) is 6.45. The van der Waals surface area contributed by atoms with E-state index in [2.05, 4.69) is 108 Å². The number of aryl methyl sites for hydroxylation is 1. The molecule has 0 aliphatic carbocycles. The lowest BCUT2D eigenvalue weighted by molar-refractivity contribution is 0.609. The Labute approximate surface area is 222 Å². The molecule has 0 nitrogen and oxygen atoms in total. The molecular weight excluding hydrogens is 448 g/mol. The van der Waals surface area contributed by atoms with Crippen molar-refractivity contribution in [2.24, 2.45) is 0 Å². The van der Waals surface area contributed by atoms with Crippen LogP contribution in [0, 0.1) is 23.8 Å². The maximum absolute atomic E-state index is 5.96. The lowest BCUT2D eigenvalue weighted by Gasteiger charge is -2.38. The molecule has 36 heavy (non-hydrogen) atoms. The molecule has 3 aromatic rings. The van der Waals surface area contributed by atoms with E-state index in [1.165, 1.54) is 65.6 Å². The Morgan fingerprint density at radius 3 is 1.78 bits per heavy atom. The number of terminal acetylenes is 1. The summed E-state index contributed by atoms with van der Waals surface area (Å²) < 4.78 is 0. The lowest BCUT2D eigenvalue weighted by Crippen LogP contribution is -2.43. The smallest absolute Gasteiger partial charge is 0.125 e. The van der Waals surface area contributed by atoms with Crippen LogP contribution in [0.2, 0.25) is 16.6 Å². The Hall–Kier alpha value is -2.48. The summed E-state index contributed by atoms with van der Waals surface area (Å²) in [4.78, 5) is 0. The van der Waals surface area contributed by atoms with Crippen LogP contribution in [0.25, 0.3) is 21.5 Å². The van der Waals surface area contributed by atoms with Crippen molar-refractivity contribution in [2.45, 2.75) is 110 Å². The Morgan fingerprint density at radius 2 is 1.22 bits per heavy atom. The van der Waals surface area contributed by atoms with Gasteiger partial charge in [0.25, 0.3) is 0 Å². The highest BCUT2D eigenvalue weighted by Crippen LogP contribution is 2.41. The first-order valence-electron chi connectivity index (χ1n) is 14.2. The second-order valence-corrected chi connectivity index (χ2v) is 17.0. The van der Waals surface area contributed by atoms with Crippen LogP contribution in [0.5, 0.6) is 0 Å². The molecule has 0 spiro atoms. The zero-order valence-electron chi connectivity index (χ0n) is 23.8. The largest absolute Gasteiger partial charge is 0.146 e. The number of hydrogen-bond acceptors (Lipinski definition) is 0. The molecule has 0 aliphatic rings. The fourth-order valence-corrected chi connectivity index (χ4v) is 11.7. The Balaban J connectivity index is 2.18. The maximum atomic E-state index is 5.96. The van der Waals surface area contributed by atoms with Crippen LogP contribution < -0.4 is 0 Å². The zero-order chi connectivity index (χ0) is 26.3.